The average Bonchev–Trinajstić information content (AvgIpc) is 2.94. The fourth-order valence-corrected chi connectivity index (χ4v) is 14.1. The number of hydrogen-bond acceptors (Lipinski definition) is 19. The molecule has 7 saturated heterocycles. The molecule has 0 bridgehead atoms. The van der Waals surface area contributed by atoms with Gasteiger partial charge in [-0.05, 0) is 62.1 Å². The number of aryl methyl sites for hydroxylation is 2. The summed E-state index contributed by atoms with van der Waals surface area (Å²) in [5.41, 5.74) is 3.67. The van der Waals surface area contributed by atoms with E-state index in [0.29, 0.717) is 26.1 Å². The van der Waals surface area contributed by atoms with Crippen LogP contribution in [-0.2, 0) is 65.5 Å². The number of aliphatic hydroxyl groups is 4. The molecule has 0 spiro atoms. The van der Waals surface area contributed by atoms with Gasteiger partial charge in [0.15, 0.2) is 0 Å². The van der Waals surface area contributed by atoms with Crippen molar-refractivity contribution in [1.29, 1.82) is 0 Å². The van der Waals surface area contributed by atoms with Crippen LogP contribution >= 0.6 is 23.2 Å². The van der Waals surface area contributed by atoms with Crippen molar-refractivity contribution in [3.05, 3.63) is 131 Å². The summed E-state index contributed by atoms with van der Waals surface area (Å²) >= 11 is 12.2. The van der Waals surface area contributed by atoms with Crippen molar-refractivity contribution in [2.45, 2.75) is 169 Å². The van der Waals surface area contributed by atoms with E-state index in [1.54, 1.807) is 29.2 Å². The van der Waals surface area contributed by atoms with Gasteiger partial charge in [-0.3, -0.25) is 13.3 Å². The third kappa shape index (κ3) is 16.5. The van der Waals surface area contributed by atoms with Gasteiger partial charge < -0.3 is 59.6 Å². The van der Waals surface area contributed by atoms with Crippen LogP contribution in [-0.4, -0.2) is 195 Å². The van der Waals surface area contributed by atoms with Gasteiger partial charge in [-0.25, -0.2) is 9.59 Å². The lowest BCUT2D eigenvalue weighted by Gasteiger charge is -2.25. The third-order valence-electron chi connectivity index (χ3n) is 15.4. The molecular weight excluding hydrogens is 1170 g/mol. The Morgan fingerprint density at radius 3 is 1.49 bits per heavy atom. The Morgan fingerprint density at radius 1 is 0.536 bits per heavy atom. The normalized spacial score (nSPS) is 31.2. The molecule has 468 valence electrons. The number of carbonyl (C=O) groups is 2. The molecule has 6 N–H and O–H groups in total. The number of likely N-dealkylation sites (tertiary alicyclic amines) is 2. The highest BCUT2D eigenvalue weighted by molar-refractivity contribution is 7.87. The first-order valence-electron chi connectivity index (χ1n) is 26.5. The van der Waals surface area contributed by atoms with E-state index in [-0.39, 0.29) is 126 Å². The largest absolute Gasteiger partial charge is 0.445 e. The fourth-order valence-electron chi connectivity index (χ4n) is 11.2. The van der Waals surface area contributed by atoms with Gasteiger partial charge in [0.1, 0.15) is 43.7 Å². The molecule has 12 rings (SSSR count). The molecule has 21 nitrogen and oxygen atoms in total. The summed E-state index contributed by atoms with van der Waals surface area (Å²) in [6, 6.07) is 30.4. The first kappa shape index (κ1) is 70.2. The fraction of sp³-hybridized carbons (Fsp3) is 0.559. The molecular formula is C59H84Cl2N4O17S2. The molecule has 4 aromatic rings. The number of amides is 2. The molecule has 4 aromatic carbocycles. The van der Waals surface area contributed by atoms with Gasteiger partial charge in [0.05, 0.1) is 95.5 Å². The number of ether oxygens (including phenoxy) is 5. The number of alkyl halides is 2. The molecule has 8 fully saturated rings. The summed E-state index contributed by atoms with van der Waals surface area (Å²) in [4.78, 5) is 27.9. The lowest BCUT2D eigenvalue weighted by molar-refractivity contribution is 0.0261. The third-order valence-corrected chi connectivity index (χ3v) is 19.0. The van der Waals surface area contributed by atoms with Crippen molar-refractivity contribution in [2.24, 2.45) is 5.92 Å². The van der Waals surface area contributed by atoms with Gasteiger partial charge in [0.2, 0.25) is 0 Å². The van der Waals surface area contributed by atoms with Crippen molar-refractivity contribution in [1.82, 2.24) is 20.4 Å². The average molecular weight is 1260 g/mol. The molecule has 7 aliphatic heterocycles. The topological polar surface area (TPSA) is 278 Å². The summed E-state index contributed by atoms with van der Waals surface area (Å²) < 4.78 is 87.4. The lowest BCUT2D eigenvalue weighted by atomic mass is 10.0. The van der Waals surface area contributed by atoms with Crippen molar-refractivity contribution < 1.29 is 78.9 Å². The van der Waals surface area contributed by atoms with E-state index in [1.165, 1.54) is 29.2 Å². The van der Waals surface area contributed by atoms with E-state index in [1.807, 2.05) is 74.5 Å². The van der Waals surface area contributed by atoms with E-state index in [9.17, 15) is 46.9 Å². The van der Waals surface area contributed by atoms with Crippen molar-refractivity contribution in [3.63, 3.8) is 0 Å². The van der Waals surface area contributed by atoms with Gasteiger partial charge in [0, 0.05) is 25.6 Å². The SMILES string of the molecule is C.C.C.C.Cc1ccc(S(=O)(=O)O[C@@H]2CN(C(=O)OCc3ccccc3)[C@H]3[C@@H]2OC[C@@H]3O)cc1.Cc1ccc(S(=O)(=O)O[C@@H]2CN[C@H]3[C@@H]2OC[C@@H]3O)cc1.O=C(OCc1ccccc1)N1C[C@H](Cl)[C@H]2CC[C@H](O)[C@H]21.O[C@H]1CO[C@H]2[C@@H]1NC[C@@H]2Cl. The quantitative estimate of drug-likeness (QED) is 0.0796. The van der Waals surface area contributed by atoms with Crippen LogP contribution in [0.2, 0.25) is 0 Å². The van der Waals surface area contributed by atoms with Crippen LogP contribution in [0.15, 0.2) is 119 Å². The predicted molar refractivity (Wildman–Crippen MR) is 316 cm³/mol. The van der Waals surface area contributed by atoms with Crippen molar-refractivity contribution in [3.8, 4) is 0 Å². The number of halogens is 2. The highest BCUT2D eigenvalue weighted by Crippen LogP contribution is 2.41. The minimum absolute atomic E-state index is 0. The number of nitrogens with zero attached hydrogens (tertiary/aromatic N) is 2. The second-order valence-corrected chi connectivity index (χ2v) is 25.2. The number of nitrogens with one attached hydrogen (secondary N) is 2. The van der Waals surface area contributed by atoms with E-state index in [4.69, 9.17) is 55.3 Å². The van der Waals surface area contributed by atoms with Crippen LogP contribution in [0.3, 0.4) is 0 Å². The Balaban J connectivity index is 0.000000212. The van der Waals surface area contributed by atoms with Gasteiger partial charge in [-0.15, -0.1) is 23.2 Å². The van der Waals surface area contributed by atoms with Gasteiger partial charge >= 0.3 is 12.2 Å². The summed E-state index contributed by atoms with van der Waals surface area (Å²) in [7, 11) is -7.88. The number of aliphatic hydroxyl groups excluding tert-OH is 4. The summed E-state index contributed by atoms with van der Waals surface area (Å²) in [5.74, 6) is 0.191. The Labute approximate surface area is 505 Å². The Hall–Kier alpha value is -4.54. The smallest absolute Gasteiger partial charge is 0.410 e. The molecule has 0 radical (unpaired) electrons. The minimum atomic E-state index is -4.06. The minimum Gasteiger partial charge on any atom is -0.445 e. The zero-order valence-electron chi connectivity index (χ0n) is 44.0. The van der Waals surface area contributed by atoms with Gasteiger partial charge in [-0.2, -0.15) is 16.8 Å². The maximum Gasteiger partial charge on any atom is 0.410 e. The standard InChI is InChI=1S/C21H23NO7S.C15H18ClNO3.C13H17NO5S.C6H10ClNO2.4CH4/c1-14-7-9-16(10-8-14)30(25,26)29-18-11-22(19-17(23)13-27-20(18)19)21(24)28-12-15-5-3-2-4-6-15;16-12-8-17(14-11(12)6-7-13(14)18)15(19)20-9-10-4-2-1-3-5-10;1-8-2-4-9(5-3-8)20(16,17)19-11-6-14-12-10(15)7-18-13(11)12;7-3-1-8-5-4(9)2-10-6(3)5;;;;/h2-10,17-20,23H,11-13H2,1H3;1-5,11-14,18H,6-9H2;2-5,10-15H,6-7H2,1H3;3-6,8-9H,1-2H2;4*1H4/t17-,18+,19+,20+;11-,12+,13+,14+;10-,11+,12+,13+;3-,4-,5+,6+;;;;/m0100..../s1. The maximum atomic E-state index is 12.7. The Morgan fingerprint density at radius 2 is 0.976 bits per heavy atom. The van der Waals surface area contributed by atoms with Gasteiger partial charge in [-0.1, -0.05) is 126 Å². The summed E-state index contributed by atoms with van der Waals surface area (Å²) in [6.45, 7) is 6.15. The van der Waals surface area contributed by atoms with Crippen LogP contribution in [0.5, 0.6) is 0 Å². The van der Waals surface area contributed by atoms with Crippen LogP contribution in [0, 0.1) is 19.8 Å². The first-order valence-corrected chi connectivity index (χ1v) is 30.2. The Bertz CT molecular complexity index is 2910. The monoisotopic (exact) mass is 1250 g/mol. The van der Waals surface area contributed by atoms with Crippen LogP contribution in [0.25, 0.3) is 0 Å². The second kappa shape index (κ2) is 30.9. The number of carbonyl (C=O) groups excluding carboxylic acids is 2. The molecule has 16 atom stereocenters. The molecule has 1 saturated carbocycles. The molecule has 0 aromatic heterocycles. The second-order valence-electron chi connectivity index (χ2n) is 21.0. The molecule has 2 amide bonds. The number of fused-ring (bicyclic) bond motifs is 4. The molecule has 0 unspecified atom stereocenters. The highest BCUT2D eigenvalue weighted by atomic mass is 35.5. The van der Waals surface area contributed by atoms with Crippen LogP contribution in [0.4, 0.5) is 9.59 Å². The number of benzene rings is 4. The Kier molecular flexibility index (Phi) is 25.8. The zero-order chi connectivity index (χ0) is 56.9. The predicted octanol–water partition coefficient (Wildman–Crippen LogP) is 5.91. The molecule has 84 heavy (non-hydrogen) atoms. The van der Waals surface area contributed by atoms with Gasteiger partial charge in [0.25, 0.3) is 20.2 Å². The van der Waals surface area contributed by atoms with Crippen molar-refractivity contribution in [2.75, 3.05) is 46.0 Å². The zero-order valence-corrected chi connectivity index (χ0v) is 47.1. The molecule has 25 heteroatoms. The van der Waals surface area contributed by atoms with E-state index >= 15 is 0 Å². The lowest BCUT2D eigenvalue weighted by Crippen LogP contribution is -2.44. The highest BCUT2D eigenvalue weighted by Gasteiger charge is 2.55. The van der Waals surface area contributed by atoms with Crippen LogP contribution < -0.4 is 10.6 Å². The molecule has 1 aliphatic carbocycles. The summed E-state index contributed by atoms with van der Waals surface area (Å²) in [5, 5.41) is 45.3. The van der Waals surface area contributed by atoms with Crippen LogP contribution in [0.1, 0.15) is 64.8 Å². The number of hydrogen-bond donors (Lipinski definition) is 6. The number of rotatable bonds is 10. The van der Waals surface area contributed by atoms with E-state index in [2.05, 4.69) is 10.6 Å². The maximum absolute atomic E-state index is 12.7. The van der Waals surface area contributed by atoms with E-state index in [0.717, 1.165) is 35.2 Å². The summed E-state index contributed by atoms with van der Waals surface area (Å²) in [6.07, 6.45) is -4.57. The molecule has 8 aliphatic rings. The van der Waals surface area contributed by atoms with Crippen molar-refractivity contribution >= 4 is 55.6 Å². The molecule has 7 heterocycles. The first-order chi connectivity index (χ1) is 38.3. The van der Waals surface area contributed by atoms with E-state index < -0.39 is 75.1 Å².